The normalized spacial score (nSPS) is 10.5. The zero-order chi connectivity index (χ0) is 25.2. The van der Waals surface area contributed by atoms with Crippen molar-refractivity contribution in [1.29, 1.82) is 0 Å². The third-order valence-corrected chi connectivity index (χ3v) is 4.67. The standard InChI is InChI=1S/C26H18F4O4/c1-13(2)25(31)33-21-9-6-15(12-20(21)28)17-7-5-16(11-19(17)27)18-8-10-22(24(30)23(18)29)34-26(32)14(3)4/h5-12H,1,3H2,2,4H3. The summed E-state index contributed by atoms with van der Waals surface area (Å²) in [5.74, 6) is -7.20. The van der Waals surface area contributed by atoms with Gasteiger partial charge in [0.2, 0.25) is 5.82 Å². The first-order chi connectivity index (χ1) is 16.0. The predicted molar refractivity (Wildman–Crippen MR) is 118 cm³/mol. The van der Waals surface area contributed by atoms with Gasteiger partial charge in [0.1, 0.15) is 5.82 Å². The Morgan fingerprint density at radius 1 is 0.647 bits per heavy atom. The fourth-order valence-electron chi connectivity index (χ4n) is 2.88. The molecule has 3 aromatic carbocycles. The van der Waals surface area contributed by atoms with Crippen LogP contribution < -0.4 is 9.47 Å². The maximum atomic E-state index is 14.8. The lowest BCUT2D eigenvalue weighted by atomic mass is 9.99. The van der Waals surface area contributed by atoms with Crippen molar-refractivity contribution in [3.8, 4) is 33.8 Å². The molecular weight excluding hydrogens is 452 g/mol. The number of hydrogen-bond donors (Lipinski definition) is 0. The maximum Gasteiger partial charge on any atom is 0.338 e. The molecule has 0 aliphatic carbocycles. The highest BCUT2D eigenvalue weighted by Crippen LogP contribution is 2.34. The van der Waals surface area contributed by atoms with Crippen molar-refractivity contribution in [3.63, 3.8) is 0 Å². The van der Waals surface area contributed by atoms with Crippen molar-refractivity contribution >= 4 is 11.9 Å². The van der Waals surface area contributed by atoms with E-state index in [-0.39, 0.29) is 39.1 Å². The molecule has 0 radical (unpaired) electrons. The highest BCUT2D eigenvalue weighted by atomic mass is 19.2. The highest BCUT2D eigenvalue weighted by Gasteiger charge is 2.20. The molecule has 4 nitrogen and oxygen atoms in total. The quantitative estimate of drug-likeness (QED) is 0.178. The molecule has 0 saturated heterocycles. The van der Waals surface area contributed by atoms with E-state index in [4.69, 9.17) is 9.47 Å². The van der Waals surface area contributed by atoms with Gasteiger partial charge in [0.15, 0.2) is 23.1 Å². The van der Waals surface area contributed by atoms with Gasteiger partial charge >= 0.3 is 11.9 Å². The van der Waals surface area contributed by atoms with Crippen LogP contribution in [0.15, 0.2) is 72.8 Å². The minimum absolute atomic E-state index is 0.00000467. The highest BCUT2D eigenvalue weighted by molar-refractivity contribution is 5.89. The average molecular weight is 470 g/mol. The number of benzene rings is 3. The van der Waals surface area contributed by atoms with Crippen LogP contribution in [0.5, 0.6) is 11.5 Å². The van der Waals surface area contributed by atoms with Crippen molar-refractivity contribution in [2.24, 2.45) is 0 Å². The molecule has 0 spiro atoms. The van der Waals surface area contributed by atoms with E-state index in [1.54, 1.807) is 0 Å². The molecule has 0 aliphatic heterocycles. The van der Waals surface area contributed by atoms with Crippen LogP contribution in [0.25, 0.3) is 22.3 Å². The van der Waals surface area contributed by atoms with Crippen LogP contribution in [0.4, 0.5) is 17.6 Å². The van der Waals surface area contributed by atoms with E-state index in [1.165, 1.54) is 38.1 Å². The summed E-state index contributed by atoms with van der Waals surface area (Å²) in [6.45, 7) is 9.52. The van der Waals surface area contributed by atoms with Crippen LogP contribution in [-0.2, 0) is 9.59 Å². The van der Waals surface area contributed by atoms with Crippen LogP contribution in [0.1, 0.15) is 13.8 Å². The summed E-state index contributed by atoms with van der Waals surface area (Å²) in [6.07, 6.45) is 0. The van der Waals surface area contributed by atoms with Crippen LogP contribution in [0, 0.1) is 23.3 Å². The Morgan fingerprint density at radius 3 is 1.68 bits per heavy atom. The summed E-state index contributed by atoms with van der Waals surface area (Å²) in [5, 5.41) is 0. The third kappa shape index (κ3) is 5.06. The van der Waals surface area contributed by atoms with Gasteiger partial charge in [-0.1, -0.05) is 31.4 Å². The first-order valence-electron chi connectivity index (χ1n) is 9.82. The number of rotatable bonds is 6. The molecule has 0 bridgehead atoms. The molecule has 0 aliphatic rings. The van der Waals surface area contributed by atoms with E-state index in [0.717, 1.165) is 24.3 Å². The lowest BCUT2D eigenvalue weighted by Gasteiger charge is -2.11. The first kappa shape index (κ1) is 24.4. The molecule has 0 aromatic heterocycles. The molecule has 0 unspecified atom stereocenters. The minimum atomic E-state index is -1.42. The largest absolute Gasteiger partial charge is 0.420 e. The van der Waals surface area contributed by atoms with Gasteiger partial charge in [-0.25, -0.2) is 22.8 Å². The summed E-state index contributed by atoms with van der Waals surface area (Å²) >= 11 is 0. The van der Waals surface area contributed by atoms with Crippen LogP contribution in [-0.4, -0.2) is 11.9 Å². The fourth-order valence-corrected chi connectivity index (χ4v) is 2.88. The molecule has 0 saturated carbocycles. The lowest BCUT2D eigenvalue weighted by molar-refractivity contribution is -0.131. The molecular formula is C26H18F4O4. The van der Waals surface area contributed by atoms with Crippen molar-refractivity contribution in [3.05, 3.63) is 96.1 Å². The predicted octanol–water partition coefficient (Wildman–Crippen LogP) is 6.54. The smallest absolute Gasteiger partial charge is 0.338 e. The number of carbonyl (C=O) groups is 2. The van der Waals surface area contributed by atoms with Gasteiger partial charge < -0.3 is 9.47 Å². The van der Waals surface area contributed by atoms with Gasteiger partial charge in [-0.2, -0.15) is 4.39 Å². The van der Waals surface area contributed by atoms with Crippen molar-refractivity contribution in [1.82, 2.24) is 0 Å². The van der Waals surface area contributed by atoms with Crippen LogP contribution in [0.3, 0.4) is 0 Å². The van der Waals surface area contributed by atoms with Crippen molar-refractivity contribution in [2.45, 2.75) is 13.8 Å². The molecule has 0 fully saturated rings. The Bertz CT molecular complexity index is 1340. The molecule has 0 atom stereocenters. The molecule has 0 heterocycles. The molecule has 0 amide bonds. The second kappa shape index (κ2) is 9.74. The van der Waals surface area contributed by atoms with E-state index in [9.17, 15) is 27.2 Å². The van der Waals surface area contributed by atoms with Crippen LogP contribution >= 0.6 is 0 Å². The second-order valence-corrected chi connectivity index (χ2v) is 7.42. The van der Waals surface area contributed by atoms with Gasteiger partial charge in [-0.3, -0.25) is 0 Å². The summed E-state index contributed by atoms with van der Waals surface area (Å²) in [6, 6.07) is 9.21. The van der Waals surface area contributed by atoms with E-state index < -0.39 is 41.0 Å². The number of carbonyl (C=O) groups excluding carboxylic acids is 2. The number of ether oxygens (including phenoxy) is 2. The van der Waals surface area contributed by atoms with Gasteiger partial charge in [-0.15, -0.1) is 0 Å². The van der Waals surface area contributed by atoms with Crippen molar-refractivity contribution in [2.75, 3.05) is 0 Å². The zero-order valence-electron chi connectivity index (χ0n) is 18.2. The zero-order valence-corrected chi connectivity index (χ0v) is 18.2. The Hall–Kier alpha value is -4.20. The Kier molecular flexibility index (Phi) is 7.00. The molecule has 34 heavy (non-hydrogen) atoms. The van der Waals surface area contributed by atoms with Gasteiger partial charge in [0.25, 0.3) is 0 Å². The summed E-state index contributed by atoms with van der Waals surface area (Å²) in [5.41, 5.74) is -0.0799. The summed E-state index contributed by atoms with van der Waals surface area (Å²) in [4.78, 5) is 23.1. The van der Waals surface area contributed by atoms with Gasteiger partial charge in [0, 0.05) is 22.3 Å². The SMILES string of the molecule is C=C(C)C(=O)Oc1ccc(-c2ccc(-c3ccc(OC(=O)C(=C)C)c(F)c3F)cc2F)cc1F. The van der Waals surface area contributed by atoms with Gasteiger partial charge in [-0.05, 0) is 55.3 Å². The van der Waals surface area contributed by atoms with Gasteiger partial charge in [0.05, 0.1) is 0 Å². The Balaban J connectivity index is 1.91. The van der Waals surface area contributed by atoms with Crippen molar-refractivity contribution < 1.29 is 36.6 Å². The monoisotopic (exact) mass is 470 g/mol. The Labute approximate surface area is 192 Å². The third-order valence-electron chi connectivity index (χ3n) is 4.67. The lowest BCUT2D eigenvalue weighted by Crippen LogP contribution is -2.10. The fraction of sp³-hybridized carbons (Fsp3) is 0.0769. The number of hydrogen-bond acceptors (Lipinski definition) is 4. The molecule has 0 N–H and O–H groups in total. The molecule has 3 aromatic rings. The summed E-state index contributed by atoms with van der Waals surface area (Å²) < 4.78 is 67.8. The Morgan fingerprint density at radius 2 is 1.12 bits per heavy atom. The van der Waals surface area contributed by atoms with E-state index >= 15 is 0 Å². The summed E-state index contributed by atoms with van der Waals surface area (Å²) in [7, 11) is 0. The van der Waals surface area contributed by atoms with E-state index in [0.29, 0.717) is 0 Å². The van der Waals surface area contributed by atoms with E-state index in [2.05, 4.69) is 13.2 Å². The number of halogens is 4. The molecule has 8 heteroatoms. The maximum absolute atomic E-state index is 14.8. The average Bonchev–Trinajstić information content (AvgIpc) is 2.78. The molecule has 3 rings (SSSR count). The first-order valence-corrected chi connectivity index (χ1v) is 9.82. The van der Waals surface area contributed by atoms with Crippen LogP contribution in [0.2, 0.25) is 0 Å². The molecule has 174 valence electrons. The minimum Gasteiger partial charge on any atom is -0.420 e. The number of esters is 2. The topological polar surface area (TPSA) is 52.6 Å². The second-order valence-electron chi connectivity index (χ2n) is 7.42. The van der Waals surface area contributed by atoms with E-state index in [1.807, 2.05) is 0 Å².